The van der Waals surface area contributed by atoms with Crippen molar-refractivity contribution in [1.82, 2.24) is 0 Å². The van der Waals surface area contributed by atoms with Crippen LogP contribution in [0.2, 0.25) is 0 Å². The van der Waals surface area contributed by atoms with E-state index in [1.54, 1.807) is 0 Å². The van der Waals surface area contributed by atoms with Crippen molar-refractivity contribution in [3.8, 4) is 0 Å². The summed E-state index contributed by atoms with van der Waals surface area (Å²) in [6.45, 7) is 0. The number of hydrogen-bond donors (Lipinski definition) is 0. The maximum atomic E-state index is 5.33. The zero-order valence-electron chi connectivity index (χ0n) is 3.05. The molecule has 0 aromatic carbocycles. The second kappa shape index (κ2) is 0.984. The smallest absolute Gasteiger partial charge is 0.389 e. The van der Waals surface area contributed by atoms with E-state index in [0.717, 1.165) is 0 Å². The standard InChI is InChI=1S/C2ClO3P/c3-1-2-5-7(4-1)6-2. The highest BCUT2D eigenvalue weighted by atomic mass is 35.5. The predicted molar refractivity (Wildman–Crippen MR) is 23.1 cm³/mol. The van der Waals surface area contributed by atoms with Crippen LogP contribution in [-0.2, 0) is 13.6 Å². The van der Waals surface area contributed by atoms with Crippen LogP contribution in [0.15, 0.2) is 11.2 Å². The highest BCUT2D eigenvalue weighted by Gasteiger charge is 2.45. The van der Waals surface area contributed by atoms with Crippen LogP contribution < -0.4 is 0 Å². The fourth-order valence-electron chi connectivity index (χ4n) is 0.354. The zero-order valence-corrected chi connectivity index (χ0v) is 4.70. The molecule has 0 atom stereocenters. The first kappa shape index (κ1) is 3.81. The van der Waals surface area contributed by atoms with E-state index in [1.807, 2.05) is 0 Å². The molecule has 0 N–H and O–H groups in total. The van der Waals surface area contributed by atoms with Gasteiger partial charge in [0.2, 0.25) is 0 Å². The van der Waals surface area contributed by atoms with Crippen molar-refractivity contribution >= 4 is 20.2 Å². The third-order valence-corrected chi connectivity index (χ3v) is 1.93. The van der Waals surface area contributed by atoms with Crippen molar-refractivity contribution in [2.24, 2.45) is 0 Å². The first-order valence-corrected chi connectivity index (χ1v) is 3.07. The maximum absolute atomic E-state index is 5.33. The summed E-state index contributed by atoms with van der Waals surface area (Å²) in [5.74, 6) is 0.341. The molecule has 3 aliphatic heterocycles. The van der Waals surface area contributed by atoms with Gasteiger partial charge in [0.05, 0.1) is 0 Å². The van der Waals surface area contributed by atoms with E-state index in [0.29, 0.717) is 5.95 Å². The van der Waals surface area contributed by atoms with Gasteiger partial charge in [-0.25, -0.2) is 0 Å². The molecule has 0 unspecified atom stereocenters. The summed E-state index contributed by atoms with van der Waals surface area (Å²) in [6.07, 6.45) is 0. The molecular weight excluding hydrogens is 138 g/mol. The van der Waals surface area contributed by atoms with Gasteiger partial charge in [0, 0.05) is 0 Å². The minimum Gasteiger partial charge on any atom is -0.389 e. The molecule has 0 amide bonds. The summed E-state index contributed by atoms with van der Waals surface area (Å²) in [7, 11) is -1.07. The first-order valence-electron chi connectivity index (χ1n) is 1.60. The first-order chi connectivity index (χ1) is 3.36. The van der Waals surface area contributed by atoms with Crippen molar-refractivity contribution < 1.29 is 13.6 Å². The fraction of sp³-hybridized carbons (Fsp3) is 0. The predicted octanol–water partition coefficient (Wildman–Crippen LogP) is 1.66. The average molecular weight is 138 g/mol. The van der Waals surface area contributed by atoms with Crippen molar-refractivity contribution in [3.63, 3.8) is 0 Å². The molecule has 38 valence electrons. The van der Waals surface area contributed by atoms with E-state index >= 15 is 0 Å². The largest absolute Gasteiger partial charge is 0.536 e. The van der Waals surface area contributed by atoms with Gasteiger partial charge in [0.25, 0.3) is 5.22 Å². The molecule has 0 aliphatic carbocycles. The monoisotopic (exact) mass is 138 g/mol. The SMILES string of the molecule is ClC1=C2OP(O1)O2. The topological polar surface area (TPSA) is 27.7 Å². The molecule has 7 heavy (non-hydrogen) atoms. The van der Waals surface area contributed by atoms with Gasteiger partial charge in [-0.15, -0.1) is 0 Å². The van der Waals surface area contributed by atoms with E-state index in [1.165, 1.54) is 0 Å². The average Bonchev–Trinajstić information content (AvgIpc) is 1.85. The Bertz CT molecular complexity index is 136. The Hall–Kier alpha value is -0.140. The van der Waals surface area contributed by atoms with Crippen LogP contribution in [0.5, 0.6) is 0 Å². The van der Waals surface area contributed by atoms with Crippen molar-refractivity contribution in [2.45, 2.75) is 0 Å². The van der Waals surface area contributed by atoms with Crippen LogP contribution in [0.25, 0.3) is 0 Å². The van der Waals surface area contributed by atoms with Crippen LogP contribution in [0, 0.1) is 0 Å². The Labute approximate surface area is 45.8 Å². The van der Waals surface area contributed by atoms with Gasteiger partial charge < -0.3 is 13.6 Å². The van der Waals surface area contributed by atoms with E-state index in [-0.39, 0.29) is 5.22 Å². The molecule has 1 saturated heterocycles. The van der Waals surface area contributed by atoms with E-state index in [2.05, 4.69) is 0 Å². The number of fused-ring (bicyclic) bond motifs is 1. The van der Waals surface area contributed by atoms with Crippen LogP contribution in [0.3, 0.4) is 0 Å². The summed E-state index contributed by atoms with van der Waals surface area (Å²) < 4.78 is 14.2. The summed E-state index contributed by atoms with van der Waals surface area (Å²) in [4.78, 5) is 0. The quantitative estimate of drug-likeness (QED) is 0.477. The van der Waals surface area contributed by atoms with Crippen molar-refractivity contribution in [2.75, 3.05) is 0 Å². The minimum atomic E-state index is -1.07. The Morgan fingerprint density at radius 1 is 1.29 bits per heavy atom. The van der Waals surface area contributed by atoms with Crippen molar-refractivity contribution in [1.29, 1.82) is 0 Å². The molecule has 0 saturated carbocycles. The molecule has 5 heteroatoms. The maximum Gasteiger partial charge on any atom is 0.536 e. The summed E-state index contributed by atoms with van der Waals surface area (Å²) in [5.41, 5.74) is 0. The fourth-order valence-corrected chi connectivity index (χ4v) is 1.44. The lowest BCUT2D eigenvalue weighted by Gasteiger charge is -2.13. The molecule has 0 radical (unpaired) electrons. The van der Waals surface area contributed by atoms with Crippen LogP contribution in [0.4, 0.5) is 0 Å². The van der Waals surface area contributed by atoms with Gasteiger partial charge in [0.1, 0.15) is 0 Å². The lowest BCUT2D eigenvalue weighted by atomic mass is 11.0. The molecule has 1 fully saturated rings. The zero-order chi connectivity index (χ0) is 4.85. The Morgan fingerprint density at radius 3 is 2.14 bits per heavy atom. The Balaban J connectivity index is 2.37. The van der Waals surface area contributed by atoms with Crippen LogP contribution >= 0.6 is 20.2 Å². The Morgan fingerprint density at radius 2 is 2.00 bits per heavy atom. The lowest BCUT2D eigenvalue weighted by molar-refractivity contribution is 0.143. The Kier molecular flexibility index (Phi) is 0.536. The molecule has 0 aromatic heterocycles. The molecule has 3 nitrogen and oxygen atoms in total. The molecule has 0 aromatic rings. The molecule has 3 rings (SSSR count). The summed E-state index contributed by atoms with van der Waals surface area (Å²) in [5, 5.41) is 0.256. The lowest BCUT2D eigenvalue weighted by Crippen LogP contribution is -1.93. The van der Waals surface area contributed by atoms with E-state index < -0.39 is 8.60 Å². The number of rotatable bonds is 0. The van der Waals surface area contributed by atoms with E-state index in [4.69, 9.17) is 25.2 Å². The molecular formula is C2ClO3P. The van der Waals surface area contributed by atoms with Gasteiger partial charge in [0.15, 0.2) is 0 Å². The van der Waals surface area contributed by atoms with E-state index in [9.17, 15) is 0 Å². The minimum absolute atomic E-state index is 0.256. The van der Waals surface area contributed by atoms with Gasteiger partial charge >= 0.3 is 14.5 Å². The highest BCUT2D eigenvalue weighted by Crippen LogP contribution is 2.64. The second-order valence-corrected chi connectivity index (χ2v) is 2.40. The molecule has 0 spiro atoms. The normalized spacial score (nSPS) is 25.3. The van der Waals surface area contributed by atoms with Gasteiger partial charge in [-0.1, -0.05) is 0 Å². The molecule has 3 aliphatic rings. The summed E-state index contributed by atoms with van der Waals surface area (Å²) >= 11 is 5.33. The third kappa shape index (κ3) is 0.347. The third-order valence-electron chi connectivity index (χ3n) is 0.630. The van der Waals surface area contributed by atoms with Crippen LogP contribution in [0.1, 0.15) is 0 Å². The van der Waals surface area contributed by atoms with Gasteiger partial charge in [-0.2, -0.15) is 0 Å². The highest BCUT2D eigenvalue weighted by molar-refractivity contribution is 7.44. The number of halogens is 1. The molecule has 2 bridgehead atoms. The van der Waals surface area contributed by atoms with Crippen molar-refractivity contribution in [3.05, 3.63) is 11.2 Å². The van der Waals surface area contributed by atoms with Gasteiger partial charge in [-0.05, 0) is 11.6 Å². The van der Waals surface area contributed by atoms with Crippen LogP contribution in [-0.4, -0.2) is 0 Å². The number of hydrogen-bond acceptors (Lipinski definition) is 3. The molecule has 3 heterocycles. The van der Waals surface area contributed by atoms with Gasteiger partial charge in [-0.3, -0.25) is 0 Å². The second-order valence-electron chi connectivity index (χ2n) is 1.06. The summed E-state index contributed by atoms with van der Waals surface area (Å²) in [6, 6.07) is 0.